The average molecular weight is 359 g/mol. The fourth-order valence-corrected chi connectivity index (χ4v) is 4.25. The van der Waals surface area contributed by atoms with Crippen molar-refractivity contribution >= 4 is 12.0 Å². The number of amides is 2. The van der Waals surface area contributed by atoms with Crippen LogP contribution >= 0.6 is 0 Å². The van der Waals surface area contributed by atoms with E-state index in [-0.39, 0.29) is 24.5 Å². The SMILES string of the molecule is O=C(CC1CCC2(CC1)OCCO2)N1C(=O)OCC1Cc1ccccc1. The van der Waals surface area contributed by atoms with Crippen molar-refractivity contribution in [3.63, 3.8) is 0 Å². The topological polar surface area (TPSA) is 65.1 Å². The summed E-state index contributed by atoms with van der Waals surface area (Å²) in [5.74, 6) is -0.267. The maximum absolute atomic E-state index is 12.8. The van der Waals surface area contributed by atoms with Gasteiger partial charge in [0.2, 0.25) is 5.91 Å². The zero-order chi connectivity index (χ0) is 18.0. The molecular formula is C20H25NO5. The molecule has 2 aliphatic heterocycles. The predicted molar refractivity (Wildman–Crippen MR) is 93.3 cm³/mol. The molecular weight excluding hydrogens is 334 g/mol. The van der Waals surface area contributed by atoms with Gasteiger partial charge in [-0.05, 0) is 30.7 Å². The molecule has 1 aromatic carbocycles. The number of rotatable bonds is 4. The molecule has 4 rings (SSSR count). The highest BCUT2D eigenvalue weighted by Crippen LogP contribution is 2.39. The van der Waals surface area contributed by atoms with Gasteiger partial charge in [0.25, 0.3) is 0 Å². The highest BCUT2D eigenvalue weighted by Gasteiger charge is 2.43. The van der Waals surface area contributed by atoms with Crippen LogP contribution in [0, 0.1) is 5.92 Å². The fraction of sp³-hybridized carbons (Fsp3) is 0.600. The third kappa shape index (κ3) is 3.62. The number of cyclic esters (lactones) is 1. The number of hydrogen-bond donors (Lipinski definition) is 0. The highest BCUT2D eigenvalue weighted by atomic mass is 16.7. The van der Waals surface area contributed by atoms with Gasteiger partial charge in [0.1, 0.15) is 6.61 Å². The van der Waals surface area contributed by atoms with Crippen LogP contribution in [-0.2, 0) is 25.4 Å². The van der Waals surface area contributed by atoms with Crippen molar-refractivity contribution in [1.82, 2.24) is 4.90 Å². The normalized spacial score (nSPS) is 25.6. The molecule has 3 aliphatic rings. The minimum Gasteiger partial charge on any atom is -0.447 e. The quantitative estimate of drug-likeness (QED) is 0.827. The summed E-state index contributed by atoms with van der Waals surface area (Å²) in [6.07, 6.45) is 3.93. The van der Waals surface area contributed by atoms with Crippen LogP contribution in [-0.4, -0.2) is 48.5 Å². The molecule has 2 saturated heterocycles. The molecule has 0 bridgehead atoms. The maximum Gasteiger partial charge on any atom is 0.416 e. The minimum atomic E-state index is -0.509. The molecule has 1 spiro atoms. The summed E-state index contributed by atoms with van der Waals surface area (Å²) in [5.41, 5.74) is 1.10. The highest BCUT2D eigenvalue weighted by molar-refractivity contribution is 5.93. The van der Waals surface area contributed by atoms with Gasteiger partial charge in [-0.1, -0.05) is 30.3 Å². The van der Waals surface area contributed by atoms with E-state index in [4.69, 9.17) is 14.2 Å². The number of carbonyl (C=O) groups is 2. The van der Waals surface area contributed by atoms with Crippen LogP contribution in [0.15, 0.2) is 30.3 Å². The molecule has 1 unspecified atom stereocenters. The van der Waals surface area contributed by atoms with Crippen molar-refractivity contribution in [2.24, 2.45) is 5.92 Å². The van der Waals surface area contributed by atoms with Gasteiger partial charge in [0.05, 0.1) is 19.3 Å². The zero-order valence-electron chi connectivity index (χ0n) is 14.9. The van der Waals surface area contributed by atoms with E-state index in [1.54, 1.807) is 0 Å². The van der Waals surface area contributed by atoms with Crippen molar-refractivity contribution in [3.05, 3.63) is 35.9 Å². The lowest BCUT2D eigenvalue weighted by Gasteiger charge is -2.35. The third-order valence-corrected chi connectivity index (χ3v) is 5.69. The molecule has 2 amide bonds. The molecule has 0 radical (unpaired) electrons. The second-order valence-electron chi connectivity index (χ2n) is 7.44. The standard InChI is InChI=1S/C20H25NO5/c22-18(13-16-6-8-20(9-7-16)25-10-11-26-20)21-17(14-24-19(21)23)12-15-4-2-1-3-5-15/h1-5,16-17H,6-14H2. The third-order valence-electron chi connectivity index (χ3n) is 5.69. The van der Waals surface area contributed by atoms with Crippen molar-refractivity contribution in [1.29, 1.82) is 0 Å². The molecule has 26 heavy (non-hydrogen) atoms. The Hall–Kier alpha value is -1.92. The van der Waals surface area contributed by atoms with Gasteiger partial charge in [-0.15, -0.1) is 0 Å². The second-order valence-corrected chi connectivity index (χ2v) is 7.44. The molecule has 6 nitrogen and oxygen atoms in total. The second kappa shape index (κ2) is 7.37. The van der Waals surface area contributed by atoms with Gasteiger partial charge in [0, 0.05) is 19.3 Å². The van der Waals surface area contributed by atoms with Crippen LogP contribution in [0.3, 0.4) is 0 Å². The van der Waals surface area contributed by atoms with E-state index in [2.05, 4.69) is 0 Å². The van der Waals surface area contributed by atoms with Gasteiger partial charge in [-0.3, -0.25) is 4.79 Å². The number of carbonyl (C=O) groups excluding carboxylic acids is 2. The molecule has 1 aliphatic carbocycles. The van der Waals surface area contributed by atoms with Crippen molar-refractivity contribution in [2.75, 3.05) is 19.8 Å². The van der Waals surface area contributed by atoms with Crippen LogP contribution in [0.4, 0.5) is 4.79 Å². The van der Waals surface area contributed by atoms with Gasteiger partial charge in [0.15, 0.2) is 5.79 Å². The summed E-state index contributed by atoms with van der Waals surface area (Å²) in [7, 11) is 0. The molecule has 140 valence electrons. The van der Waals surface area contributed by atoms with Crippen molar-refractivity contribution < 1.29 is 23.8 Å². The molecule has 3 fully saturated rings. The van der Waals surface area contributed by atoms with Gasteiger partial charge in [-0.2, -0.15) is 0 Å². The first kappa shape index (κ1) is 17.5. The molecule has 0 N–H and O–H groups in total. The summed E-state index contributed by atoms with van der Waals surface area (Å²) >= 11 is 0. The van der Waals surface area contributed by atoms with Gasteiger partial charge < -0.3 is 14.2 Å². The van der Waals surface area contributed by atoms with E-state index >= 15 is 0 Å². The van der Waals surface area contributed by atoms with Crippen LogP contribution < -0.4 is 0 Å². The van der Waals surface area contributed by atoms with Crippen LogP contribution in [0.2, 0.25) is 0 Å². The number of nitrogens with zero attached hydrogens (tertiary/aromatic N) is 1. The molecule has 1 atom stereocenters. The maximum atomic E-state index is 12.8. The smallest absolute Gasteiger partial charge is 0.416 e. The Kier molecular flexibility index (Phi) is 4.96. The zero-order valence-corrected chi connectivity index (χ0v) is 14.9. The first-order chi connectivity index (χ1) is 12.7. The number of imide groups is 1. The average Bonchev–Trinajstić information content (AvgIpc) is 3.25. The lowest BCUT2D eigenvalue weighted by atomic mass is 9.83. The first-order valence-electron chi connectivity index (χ1n) is 9.46. The lowest BCUT2D eigenvalue weighted by Crippen LogP contribution is -2.42. The van der Waals surface area contributed by atoms with Gasteiger partial charge >= 0.3 is 6.09 Å². The Morgan fingerprint density at radius 3 is 2.50 bits per heavy atom. The Morgan fingerprint density at radius 2 is 1.81 bits per heavy atom. The molecule has 2 heterocycles. The van der Waals surface area contributed by atoms with E-state index in [1.165, 1.54) is 4.90 Å². The summed E-state index contributed by atoms with van der Waals surface area (Å²) in [5, 5.41) is 0. The predicted octanol–water partition coefficient (Wildman–Crippen LogP) is 2.90. The van der Waals surface area contributed by atoms with Crippen LogP contribution in [0.1, 0.15) is 37.7 Å². The van der Waals surface area contributed by atoms with E-state index < -0.39 is 11.9 Å². The summed E-state index contributed by atoms with van der Waals surface area (Å²) < 4.78 is 16.6. The Balaban J connectivity index is 1.34. The number of hydrogen-bond acceptors (Lipinski definition) is 5. The van der Waals surface area contributed by atoms with E-state index in [9.17, 15) is 9.59 Å². The largest absolute Gasteiger partial charge is 0.447 e. The summed E-state index contributed by atoms with van der Waals surface area (Å²) in [6.45, 7) is 1.59. The van der Waals surface area contributed by atoms with Gasteiger partial charge in [-0.25, -0.2) is 9.69 Å². The minimum absolute atomic E-state index is 0.123. The molecule has 0 aromatic heterocycles. The molecule has 6 heteroatoms. The molecule has 1 aromatic rings. The monoisotopic (exact) mass is 359 g/mol. The molecule has 1 saturated carbocycles. The number of ether oxygens (including phenoxy) is 3. The summed E-state index contributed by atoms with van der Waals surface area (Å²) in [4.78, 5) is 26.2. The van der Waals surface area contributed by atoms with Crippen LogP contribution in [0.5, 0.6) is 0 Å². The Morgan fingerprint density at radius 1 is 1.12 bits per heavy atom. The summed E-state index contributed by atoms with van der Waals surface area (Å²) in [6, 6.07) is 9.68. The number of benzene rings is 1. The van der Waals surface area contributed by atoms with Crippen LogP contribution in [0.25, 0.3) is 0 Å². The Labute approximate surface area is 153 Å². The van der Waals surface area contributed by atoms with Crippen molar-refractivity contribution in [2.45, 2.75) is 50.4 Å². The Bertz CT molecular complexity index is 645. The first-order valence-corrected chi connectivity index (χ1v) is 9.46. The van der Waals surface area contributed by atoms with E-state index in [0.717, 1.165) is 31.2 Å². The fourth-order valence-electron chi connectivity index (χ4n) is 4.25. The van der Waals surface area contributed by atoms with E-state index in [0.29, 0.717) is 26.1 Å². The van der Waals surface area contributed by atoms with E-state index in [1.807, 2.05) is 30.3 Å². The lowest BCUT2D eigenvalue weighted by molar-refractivity contribution is -0.183. The van der Waals surface area contributed by atoms with Crippen molar-refractivity contribution in [3.8, 4) is 0 Å².